The molecule has 0 aliphatic rings. The van der Waals surface area contributed by atoms with Crippen molar-refractivity contribution in [3.8, 4) is 0 Å². The van der Waals surface area contributed by atoms with Crippen molar-refractivity contribution in [1.29, 1.82) is 0 Å². The molecule has 1 aromatic carbocycles. The Bertz CT molecular complexity index is 373. The highest BCUT2D eigenvalue weighted by Gasteiger charge is 2.02. The lowest BCUT2D eigenvalue weighted by atomic mass is 10.3. The number of hydrogen-bond acceptors (Lipinski definition) is 4. The summed E-state index contributed by atoms with van der Waals surface area (Å²) in [5.74, 6) is 5.62. The Kier molecular flexibility index (Phi) is 5.45. The van der Waals surface area contributed by atoms with Crippen LogP contribution in [0.15, 0.2) is 23.1 Å². The van der Waals surface area contributed by atoms with Gasteiger partial charge in [0.25, 0.3) is 0 Å². The smallest absolute Gasteiger partial charge is 0.233 e. The minimum absolute atomic E-state index is 0.153. The van der Waals surface area contributed by atoms with E-state index in [9.17, 15) is 4.79 Å². The second-order valence-electron chi connectivity index (χ2n) is 3.20. The highest BCUT2D eigenvalue weighted by molar-refractivity contribution is 7.99. The molecule has 0 spiro atoms. The number of halogens is 1. The molecule has 0 unspecified atom stereocenters. The van der Waals surface area contributed by atoms with Crippen LogP contribution in [0.4, 0.5) is 5.69 Å². The molecular weight excluding hydrogens is 246 g/mol. The number of hydrazine groups is 1. The number of nitrogen functional groups attached to an aromatic ring is 1. The average molecular weight is 260 g/mol. The standard InChI is InChI=1S/C10H14ClN3OS/c11-7-3-4-8(12)9(6-7)16-5-1-2-10(15)14-13/h3-4,6H,1-2,5,12-13H2,(H,14,15). The monoisotopic (exact) mass is 259 g/mol. The fourth-order valence-electron chi connectivity index (χ4n) is 1.12. The van der Waals surface area contributed by atoms with Crippen LogP contribution in [0.1, 0.15) is 12.8 Å². The Balaban J connectivity index is 2.37. The molecule has 0 aliphatic carbocycles. The molecule has 0 aromatic heterocycles. The number of carbonyl (C=O) groups excluding carboxylic acids is 1. The molecule has 16 heavy (non-hydrogen) atoms. The molecule has 5 N–H and O–H groups in total. The molecule has 0 bridgehead atoms. The fraction of sp³-hybridized carbons (Fsp3) is 0.300. The van der Waals surface area contributed by atoms with E-state index in [0.717, 1.165) is 17.1 Å². The summed E-state index contributed by atoms with van der Waals surface area (Å²) in [5, 5.41) is 0.663. The van der Waals surface area contributed by atoms with Crippen LogP contribution in [-0.4, -0.2) is 11.7 Å². The lowest BCUT2D eigenvalue weighted by molar-refractivity contribution is -0.121. The number of nitrogens with one attached hydrogen (secondary N) is 1. The first-order chi connectivity index (χ1) is 7.63. The molecule has 0 saturated heterocycles. The third-order valence-corrected chi connectivity index (χ3v) is 3.33. The fourth-order valence-corrected chi connectivity index (χ4v) is 2.31. The van der Waals surface area contributed by atoms with E-state index in [2.05, 4.69) is 5.43 Å². The van der Waals surface area contributed by atoms with Gasteiger partial charge in [-0.25, -0.2) is 5.84 Å². The van der Waals surface area contributed by atoms with Crippen molar-refractivity contribution in [2.24, 2.45) is 5.84 Å². The van der Waals surface area contributed by atoms with Crippen LogP contribution in [0.5, 0.6) is 0 Å². The van der Waals surface area contributed by atoms with Crippen molar-refractivity contribution in [3.63, 3.8) is 0 Å². The van der Waals surface area contributed by atoms with Crippen LogP contribution in [0, 0.1) is 0 Å². The average Bonchev–Trinajstić information content (AvgIpc) is 2.28. The lowest BCUT2D eigenvalue weighted by Gasteiger charge is -2.05. The van der Waals surface area contributed by atoms with Crippen LogP contribution in [0.3, 0.4) is 0 Å². The largest absolute Gasteiger partial charge is 0.398 e. The van der Waals surface area contributed by atoms with Crippen molar-refractivity contribution in [2.45, 2.75) is 17.7 Å². The van der Waals surface area contributed by atoms with Gasteiger partial charge in [0, 0.05) is 22.0 Å². The van der Waals surface area contributed by atoms with Gasteiger partial charge in [-0.2, -0.15) is 0 Å². The van der Waals surface area contributed by atoms with E-state index in [1.807, 2.05) is 6.07 Å². The van der Waals surface area contributed by atoms with Gasteiger partial charge in [-0.05, 0) is 30.4 Å². The highest BCUT2D eigenvalue weighted by Crippen LogP contribution is 2.28. The van der Waals surface area contributed by atoms with E-state index < -0.39 is 0 Å². The molecular formula is C10H14ClN3OS. The Morgan fingerprint density at radius 1 is 1.50 bits per heavy atom. The summed E-state index contributed by atoms with van der Waals surface area (Å²) in [6.45, 7) is 0. The van der Waals surface area contributed by atoms with Gasteiger partial charge in [0.05, 0.1) is 0 Å². The van der Waals surface area contributed by atoms with Gasteiger partial charge in [-0.1, -0.05) is 11.6 Å². The molecule has 0 fully saturated rings. The number of benzene rings is 1. The van der Waals surface area contributed by atoms with Gasteiger partial charge in [0.15, 0.2) is 0 Å². The first-order valence-electron chi connectivity index (χ1n) is 4.80. The number of amides is 1. The van der Waals surface area contributed by atoms with Gasteiger partial charge in [0.2, 0.25) is 5.91 Å². The topological polar surface area (TPSA) is 81.1 Å². The van der Waals surface area contributed by atoms with Crippen molar-refractivity contribution in [2.75, 3.05) is 11.5 Å². The van der Waals surface area contributed by atoms with Crippen molar-refractivity contribution < 1.29 is 4.79 Å². The zero-order valence-electron chi connectivity index (χ0n) is 8.70. The van der Waals surface area contributed by atoms with Crippen molar-refractivity contribution in [1.82, 2.24) is 5.43 Å². The van der Waals surface area contributed by atoms with Crippen LogP contribution < -0.4 is 17.0 Å². The zero-order valence-corrected chi connectivity index (χ0v) is 10.3. The van der Waals surface area contributed by atoms with Crippen LogP contribution in [0.25, 0.3) is 0 Å². The zero-order chi connectivity index (χ0) is 12.0. The Labute approximate surface area is 104 Å². The predicted molar refractivity (Wildman–Crippen MR) is 68.2 cm³/mol. The summed E-state index contributed by atoms with van der Waals surface area (Å²) in [7, 11) is 0. The SMILES string of the molecule is NNC(=O)CCCSc1cc(Cl)ccc1N. The summed E-state index contributed by atoms with van der Waals surface area (Å²) in [6, 6.07) is 5.35. The predicted octanol–water partition coefficient (Wildman–Crippen LogP) is 1.78. The van der Waals surface area contributed by atoms with Crippen molar-refractivity contribution >= 4 is 35.0 Å². The molecule has 1 aromatic rings. The Morgan fingerprint density at radius 3 is 2.94 bits per heavy atom. The molecule has 0 aliphatic heterocycles. The molecule has 0 saturated carbocycles. The third kappa shape index (κ3) is 4.30. The van der Waals surface area contributed by atoms with Gasteiger partial charge in [0.1, 0.15) is 0 Å². The van der Waals surface area contributed by atoms with Crippen LogP contribution in [-0.2, 0) is 4.79 Å². The quantitative estimate of drug-likeness (QED) is 0.188. The molecule has 0 radical (unpaired) electrons. The maximum absolute atomic E-state index is 10.9. The molecule has 88 valence electrons. The number of carbonyl (C=O) groups is 1. The summed E-state index contributed by atoms with van der Waals surface area (Å²) >= 11 is 7.44. The normalized spacial score (nSPS) is 10.1. The molecule has 0 heterocycles. The van der Waals surface area contributed by atoms with E-state index in [0.29, 0.717) is 17.1 Å². The molecule has 4 nitrogen and oxygen atoms in total. The molecule has 0 atom stereocenters. The number of nitrogens with two attached hydrogens (primary N) is 2. The summed E-state index contributed by atoms with van der Waals surface area (Å²) in [6.07, 6.45) is 1.17. The van der Waals surface area contributed by atoms with Gasteiger partial charge in [-0.3, -0.25) is 10.2 Å². The Morgan fingerprint density at radius 2 is 2.25 bits per heavy atom. The maximum atomic E-state index is 10.9. The number of rotatable bonds is 5. The second-order valence-corrected chi connectivity index (χ2v) is 4.77. The first-order valence-corrected chi connectivity index (χ1v) is 6.17. The molecule has 6 heteroatoms. The number of hydrogen-bond donors (Lipinski definition) is 3. The molecule has 1 rings (SSSR count). The summed E-state index contributed by atoms with van der Waals surface area (Å²) in [5.41, 5.74) is 8.58. The first kappa shape index (κ1) is 13.2. The molecule has 1 amide bonds. The van der Waals surface area contributed by atoms with E-state index in [4.69, 9.17) is 23.2 Å². The van der Waals surface area contributed by atoms with E-state index in [1.165, 1.54) is 0 Å². The highest BCUT2D eigenvalue weighted by atomic mass is 35.5. The van der Waals surface area contributed by atoms with E-state index in [-0.39, 0.29) is 5.91 Å². The lowest BCUT2D eigenvalue weighted by Crippen LogP contribution is -2.29. The van der Waals surface area contributed by atoms with E-state index in [1.54, 1.807) is 23.9 Å². The summed E-state index contributed by atoms with van der Waals surface area (Å²) < 4.78 is 0. The van der Waals surface area contributed by atoms with Gasteiger partial charge >= 0.3 is 0 Å². The van der Waals surface area contributed by atoms with Crippen LogP contribution >= 0.6 is 23.4 Å². The number of anilines is 1. The van der Waals surface area contributed by atoms with Gasteiger partial charge < -0.3 is 5.73 Å². The van der Waals surface area contributed by atoms with Crippen LogP contribution in [0.2, 0.25) is 5.02 Å². The minimum atomic E-state index is -0.153. The maximum Gasteiger partial charge on any atom is 0.233 e. The number of thioether (sulfide) groups is 1. The third-order valence-electron chi connectivity index (χ3n) is 1.94. The second kappa shape index (κ2) is 6.62. The Hall–Kier alpha value is -0.910. The van der Waals surface area contributed by atoms with Crippen molar-refractivity contribution in [3.05, 3.63) is 23.2 Å². The van der Waals surface area contributed by atoms with E-state index >= 15 is 0 Å². The van der Waals surface area contributed by atoms with Gasteiger partial charge in [-0.15, -0.1) is 11.8 Å². The minimum Gasteiger partial charge on any atom is -0.398 e. The summed E-state index contributed by atoms with van der Waals surface area (Å²) in [4.78, 5) is 11.8.